The number of nitrogens with zero attached hydrogens (tertiary/aromatic N) is 3. The van der Waals surface area contributed by atoms with E-state index in [9.17, 15) is 4.79 Å². The van der Waals surface area contributed by atoms with Gasteiger partial charge in [0.1, 0.15) is 11.5 Å². The summed E-state index contributed by atoms with van der Waals surface area (Å²) in [6.07, 6.45) is 1.65. The molecule has 1 amide bonds. The number of fused-ring (bicyclic) bond motifs is 1. The van der Waals surface area contributed by atoms with Crippen molar-refractivity contribution in [2.45, 2.75) is 6.54 Å². The number of benzene rings is 3. The van der Waals surface area contributed by atoms with E-state index in [-0.39, 0.29) is 12.7 Å². The summed E-state index contributed by atoms with van der Waals surface area (Å²) in [4.78, 5) is 22.3. The number of rotatable bonds is 7. The maximum Gasteiger partial charge on any atom is 0.254 e. The maximum atomic E-state index is 13.6. The number of oxazole rings is 1. The molecule has 9 nitrogen and oxygen atoms in total. The zero-order chi connectivity index (χ0) is 26.8. The first-order valence-electron chi connectivity index (χ1n) is 12.8. The zero-order valence-electron chi connectivity index (χ0n) is 21.9. The van der Waals surface area contributed by atoms with E-state index in [0.29, 0.717) is 47.4 Å². The lowest BCUT2D eigenvalue weighted by atomic mass is 10.1. The lowest BCUT2D eigenvalue weighted by molar-refractivity contribution is 0.0629. The molecule has 1 aromatic heterocycles. The highest BCUT2D eigenvalue weighted by Crippen LogP contribution is 2.36. The van der Waals surface area contributed by atoms with E-state index in [0.717, 1.165) is 42.3 Å². The van der Waals surface area contributed by atoms with Crippen LogP contribution in [0.1, 0.15) is 15.9 Å². The summed E-state index contributed by atoms with van der Waals surface area (Å²) < 4.78 is 27.9. The van der Waals surface area contributed by atoms with Gasteiger partial charge < -0.3 is 28.3 Å². The number of amides is 1. The Morgan fingerprint density at radius 2 is 1.72 bits per heavy atom. The van der Waals surface area contributed by atoms with E-state index in [4.69, 9.17) is 23.4 Å². The number of piperazine rings is 1. The summed E-state index contributed by atoms with van der Waals surface area (Å²) in [5, 5.41) is 0. The Balaban J connectivity index is 1.15. The van der Waals surface area contributed by atoms with Crippen molar-refractivity contribution in [2.75, 3.05) is 47.2 Å². The molecule has 0 unspecified atom stereocenters. The van der Waals surface area contributed by atoms with E-state index < -0.39 is 0 Å². The number of methoxy groups -OCH3 is 2. The van der Waals surface area contributed by atoms with E-state index in [1.165, 1.54) is 0 Å². The molecule has 0 atom stereocenters. The Morgan fingerprint density at radius 1 is 0.897 bits per heavy atom. The van der Waals surface area contributed by atoms with Crippen molar-refractivity contribution < 1.29 is 28.2 Å². The summed E-state index contributed by atoms with van der Waals surface area (Å²) in [7, 11) is 3.20. The summed E-state index contributed by atoms with van der Waals surface area (Å²) >= 11 is 0. The van der Waals surface area contributed by atoms with Gasteiger partial charge in [0.25, 0.3) is 5.91 Å². The Hall–Kier alpha value is -4.50. The molecule has 0 spiro atoms. The molecular formula is C30H29N3O6. The van der Waals surface area contributed by atoms with Crippen LogP contribution in [-0.2, 0) is 6.54 Å². The van der Waals surface area contributed by atoms with E-state index in [1.807, 2.05) is 53.4 Å². The van der Waals surface area contributed by atoms with Crippen LogP contribution >= 0.6 is 0 Å². The quantitative estimate of drug-likeness (QED) is 0.342. The van der Waals surface area contributed by atoms with E-state index in [2.05, 4.69) is 16.0 Å². The average molecular weight is 528 g/mol. The number of ether oxygens (including phenoxy) is 4. The highest BCUT2D eigenvalue weighted by atomic mass is 16.7. The van der Waals surface area contributed by atoms with Gasteiger partial charge in [0, 0.05) is 44.4 Å². The molecule has 2 aliphatic heterocycles. The molecule has 6 rings (SSSR count). The second-order valence-corrected chi connectivity index (χ2v) is 9.40. The van der Waals surface area contributed by atoms with Crippen LogP contribution in [0.25, 0.3) is 22.8 Å². The summed E-state index contributed by atoms with van der Waals surface area (Å²) in [6, 6.07) is 19.0. The van der Waals surface area contributed by atoms with Gasteiger partial charge >= 0.3 is 0 Å². The lowest BCUT2D eigenvalue weighted by Gasteiger charge is -2.35. The predicted molar refractivity (Wildman–Crippen MR) is 144 cm³/mol. The van der Waals surface area contributed by atoms with Crippen LogP contribution in [0.4, 0.5) is 0 Å². The average Bonchev–Trinajstić information content (AvgIpc) is 3.67. The van der Waals surface area contributed by atoms with Gasteiger partial charge in [-0.1, -0.05) is 18.2 Å². The molecule has 39 heavy (non-hydrogen) atoms. The molecule has 0 radical (unpaired) electrons. The van der Waals surface area contributed by atoms with Crippen molar-refractivity contribution in [3.05, 3.63) is 78.0 Å². The SMILES string of the molecule is COc1ccc(-c2cnc(-c3ccccc3C(=O)N3CCN(Cc4ccc5c(c4)OCO5)CC3)o2)c(OC)c1. The second kappa shape index (κ2) is 10.7. The zero-order valence-corrected chi connectivity index (χ0v) is 21.9. The first-order chi connectivity index (χ1) is 19.1. The largest absolute Gasteiger partial charge is 0.497 e. The molecule has 1 fully saturated rings. The van der Waals surface area contributed by atoms with Gasteiger partial charge in [0.2, 0.25) is 12.7 Å². The van der Waals surface area contributed by atoms with Crippen LogP contribution in [0.15, 0.2) is 71.3 Å². The third kappa shape index (κ3) is 5.00. The second-order valence-electron chi connectivity index (χ2n) is 9.40. The van der Waals surface area contributed by atoms with Crippen LogP contribution < -0.4 is 18.9 Å². The van der Waals surface area contributed by atoms with Crippen molar-refractivity contribution in [3.63, 3.8) is 0 Å². The van der Waals surface area contributed by atoms with Crippen molar-refractivity contribution in [3.8, 4) is 45.8 Å². The number of carbonyl (C=O) groups excluding carboxylic acids is 1. The molecular weight excluding hydrogens is 498 g/mol. The highest BCUT2D eigenvalue weighted by Gasteiger charge is 2.26. The lowest BCUT2D eigenvalue weighted by Crippen LogP contribution is -2.48. The number of hydrogen-bond donors (Lipinski definition) is 0. The molecule has 0 bridgehead atoms. The van der Waals surface area contributed by atoms with E-state index in [1.54, 1.807) is 26.5 Å². The molecule has 3 aromatic carbocycles. The maximum absolute atomic E-state index is 13.6. The van der Waals surface area contributed by atoms with Crippen LogP contribution in [0, 0.1) is 0 Å². The minimum absolute atomic E-state index is 0.0323. The first kappa shape index (κ1) is 24.8. The van der Waals surface area contributed by atoms with Gasteiger partial charge in [0.15, 0.2) is 17.3 Å². The Kier molecular flexibility index (Phi) is 6.81. The molecule has 9 heteroatoms. The molecule has 200 valence electrons. The Morgan fingerprint density at radius 3 is 2.54 bits per heavy atom. The van der Waals surface area contributed by atoms with Crippen molar-refractivity contribution in [1.29, 1.82) is 0 Å². The van der Waals surface area contributed by atoms with Crippen LogP contribution in [0.2, 0.25) is 0 Å². The van der Waals surface area contributed by atoms with Crippen molar-refractivity contribution in [1.82, 2.24) is 14.8 Å². The van der Waals surface area contributed by atoms with Gasteiger partial charge in [-0.15, -0.1) is 0 Å². The van der Waals surface area contributed by atoms with Crippen molar-refractivity contribution >= 4 is 5.91 Å². The molecule has 0 saturated carbocycles. The summed E-state index contributed by atoms with van der Waals surface area (Å²) in [5.74, 6) is 3.77. The van der Waals surface area contributed by atoms with E-state index >= 15 is 0 Å². The smallest absolute Gasteiger partial charge is 0.254 e. The molecule has 2 aliphatic rings. The molecule has 1 saturated heterocycles. The van der Waals surface area contributed by atoms with Gasteiger partial charge in [-0.3, -0.25) is 9.69 Å². The first-order valence-corrected chi connectivity index (χ1v) is 12.8. The molecule has 4 aromatic rings. The number of hydrogen-bond acceptors (Lipinski definition) is 8. The molecule has 0 N–H and O–H groups in total. The standard InChI is InChI=1S/C30H29N3O6/c1-35-21-8-9-24(26(16-21)36-2)28-17-31-29(39-28)22-5-3-4-6-23(22)30(34)33-13-11-32(12-14-33)18-20-7-10-25-27(15-20)38-19-37-25/h3-10,15-17H,11-14,18-19H2,1-2H3. The minimum Gasteiger partial charge on any atom is -0.497 e. The normalized spacial score (nSPS) is 14.9. The predicted octanol–water partition coefficient (Wildman–Crippen LogP) is 4.71. The van der Waals surface area contributed by atoms with Gasteiger partial charge in [-0.2, -0.15) is 0 Å². The molecule has 3 heterocycles. The van der Waals surface area contributed by atoms with Crippen LogP contribution in [-0.4, -0.2) is 67.9 Å². The number of aromatic nitrogens is 1. The third-order valence-electron chi connectivity index (χ3n) is 7.07. The highest BCUT2D eigenvalue weighted by molar-refractivity contribution is 6.00. The van der Waals surface area contributed by atoms with Gasteiger partial charge in [-0.25, -0.2) is 4.98 Å². The van der Waals surface area contributed by atoms with Gasteiger partial charge in [-0.05, 0) is 42.0 Å². The molecule has 0 aliphatic carbocycles. The fourth-order valence-electron chi connectivity index (χ4n) is 4.96. The van der Waals surface area contributed by atoms with Crippen LogP contribution in [0.3, 0.4) is 0 Å². The summed E-state index contributed by atoms with van der Waals surface area (Å²) in [6.45, 7) is 3.90. The summed E-state index contributed by atoms with van der Waals surface area (Å²) in [5.41, 5.74) is 3.14. The van der Waals surface area contributed by atoms with Crippen LogP contribution in [0.5, 0.6) is 23.0 Å². The minimum atomic E-state index is -0.0323. The third-order valence-corrected chi connectivity index (χ3v) is 7.07. The fourth-order valence-corrected chi connectivity index (χ4v) is 4.96. The fraction of sp³-hybridized carbons (Fsp3) is 0.267. The topological polar surface area (TPSA) is 86.5 Å². The van der Waals surface area contributed by atoms with Crippen molar-refractivity contribution in [2.24, 2.45) is 0 Å². The van der Waals surface area contributed by atoms with Gasteiger partial charge in [0.05, 0.1) is 31.5 Å². The Labute approximate surface area is 226 Å². The Bertz CT molecular complexity index is 1490. The number of carbonyl (C=O) groups is 1. The monoisotopic (exact) mass is 527 g/mol.